The van der Waals surface area contributed by atoms with Crippen LogP contribution in [0.3, 0.4) is 0 Å². The Hall–Kier alpha value is -2.50. The van der Waals surface area contributed by atoms with Gasteiger partial charge in [0, 0.05) is 46.0 Å². The Morgan fingerprint density at radius 1 is 1.31 bits per heavy atom. The molecule has 0 fully saturated rings. The Bertz CT molecular complexity index is 693. The van der Waals surface area contributed by atoms with Crippen molar-refractivity contribution in [2.75, 3.05) is 27.2 Å². The van der Waals surface area contributed by atoms with Crippen LogP contribution in [0.2, 0.25) is 0 Å². The number of hydrogen-bond acceptors (Lipinski definition) is 3. The van der Waals surface area contributed by atoms with Crippen LogP contribution in [0.15, 0.2) is 41.5 Å². The molecule has 0 amide bonds. The van der Waals surface area contributed by atoms with E-state index in [2.05, 4.69) is 40.4 Å². The number of ether oxygens (including phenoxy) is 1. The molecule has 0 bridgehead atoms. The van der Waals surface area contributed by atoms with Gasteiger partial charge in [0.25, 0.3) is 0 Å². The number of benzene rings is 1. The normalized spacial score (nSPS) is 11.7. The zero-order valence-electron chi connectivity index (χ0n) is 16.6. The highest BCUT2D eigenvalue weighted by molar-refractivity contribution is 5.79. The van der Waals surface area contributed by atoms with E-state index in [1.807, 2.05) is 56.2 Å². The smallest absolute Gasteiger partial charge is 0.193 e. The van der Waals surface area contributed by atoms with E-state index in [4.69, 9.17) is 4.74 Å². The number of nitrogens with one attached hydrogen (secondary N) is 1. The summed E-state index contributed by atoms with van der Waals surface area (Å²) in [5.41, 5.74) is 2.38. The lowest BCUT2D eigenvalue weighted by molar-refractivity contribution is 0.310. The van der Waals surface area contributed by atoms with Crippen molar-refractivity contribution in [3.05, 3.63) is 47.8 Å². The van der Waals surface area contributed by atoms with Gasteiger partial charge in [-0.2, -0.15) is 5.10 Å². The molecule has 0 atom stereocenters. The average Bonchev–Trinajstić information content (AvgIpc) is 2.99. The van der Waals surface area contributed by atoms with Crippen LogP contribution in [0.5, 0.6) is 5.75 Å². The summed E-state index contributed by atoms with van der Waals surface area (Å²) in [5.74, 6) is 2.19. The van der Waals surface area contributed by atoms with Gasteiger partial charge >= 0.3 is 0 Å². The highest BCUT2D eigenvalue weighted by Crippen LogP contribution is 2.18. The van der Waals surface area contributed by atoms with E-state index < -0.39 is 0 Å². The Morgan fingerprint density at radius 2 is 2.04 bits per heavy atom. The molecule has 0 aliphatic carbocycles. The molecule has 6 heteroatoms. The maximum absolute atomic E-state index is 5.72. The zero-order chi connectivity index (χ0) is 18.9. The Morgan fingerprint density at radius 3 is 2.69 bits per heavy atom. The fraction of sp³-hybridized carbons (Fsp3) is 0.500. The van der Waals surface area contributed by atoms with Crippen LogP contribution in [-0.2, 0) is 13.6 Å². The fourth-order valence-electron chi connectivity index (χ4n) is 2.86. The second-order valence-corrected chi connectivity index (χ2v) is 6.71. The molecule has 0 aliphatic heterocycles. The average molecular weight is 358 g/mol. The number of rotatable bonds is 8. The molecule has 0 saturated carbocycles. The number of aromatic nitrogens is 2. The van der Waals surface area contributed by atoms with Gasteiger partial charge in [-0.3, -0.25) is 9.67 Å². The van der Waals surface area contributed by atoms with Crippen LogP contribution in [-0.4, -0.2) is 47.9 Å². The van der Waals surface area contributed by atoms with Crippen molar-refractivity contribution in [2.45, 2.75) is 32.7 Å². The first-order valence-corrected chi connectivity index (χ1v) is 9.13. The van der Waals surface area contributed by atoms with Crippen molar-refractivity contribution >= 4 is 5.96 Å². The summed E-state index contributed by atoms with van der Waals surface area (Å²) in [5, 5.41) is 7.98. The minimum absolute atomic E-state index is 0.407. The van der Waals surface area contributed by atoms with Gasteiger partial charge in [-0.1, -0.05) is 32.0 Å². The predicted molar refractivity (Wildman–Crippen MR) is 107 cm³/mol. The molecule has 0 unspecified atom stereocenters. The highest BCUT2D eigenvalue weighted by Gasteiger charge is 2.14. The molecule has 142 valence electrons. The zero-order valence-corrected chi connectivity index (χ0v) is 16.6. The first-order chi connectivity index (χ1) is 12.5. The van der Waals surface area contributed by atoms with Crippen molar-refractivity contribution < 1.29 is 4.74 Å². The maximum Gasteiger partial charge on any atom is 0.193 e. The molecule has 2 rings (SSSR count). The van der Waals surface area contributed by atoms with Crippen molar-refractivity contribution in [3.63, 3.8) is 0 Å². The van der Waals surface area contributed by atoms with Crippen LogP contribution in [0.25, 0.3) is 0 Å². The summed E-state index contributed by atoms with van der Waals surface area (Å²) in [6.45, 7) is 6.62. The van der Waals surface area contributed by atoms with Crippen molar-refractivity contribution in [2.24, 2.45) is 12.0 Å². The SMILES string of the molecule is CN=C(NCCCOc1ccccc1)N(C)Cc1cn(C)nc1C(C)C. The molecule has 6 nitrogen and oxygen atoms in total. The largest absolute Gasteiger partial charge is 0.494 e. The molecular weight excluding hydrogens is 326 g/mol. The van der Waals surface area contributed by atoms with Gasteiger partial charge in [0.05, 0.1) is 12.3 Å². The molecule has 1 heterocycles. The Balaban J connectivity index is 1.79. The van der Waals surface area contributed by atoms with Gasteiger partial charge in [-0.15, -0.1) is 0 Å². The van der Waals surface area contributed by atoms with Crippen molar-refractivity contribution in [1.29, 1.82) is 0 Å². The molecule has 0 spiro atoms. The number of aliphatic imine (C=N–C) groups is 1. The van der Waals surface area contributed by atoms with E-state index in [0.29, 0.717) is 12.5 Å². The van der Waals surface area contributed by atoms with Gasteiger partial charge < -0.3 is 15.0 Å². The van der Waals surface area contributed by atoms with Crippen LogP contribution in [0.4, 0.5) is 0 Å². The molecule has 0 aliphatic rings. The number of aryl methyl sites for hydroxylation is 1. The van der Waals surface area contributed by atoms with Gasteiger partial charge in [-0.05, 0) is 24.5 Å². The summed E-state index contributed by atoms with van der Waals surface area (Å²) in [6.07, 6.45) is 3.00. The highest BCUT2D eigenvalue weighted by atomic mass is 16.5. The Labute approximate surface area is 156 Å². The summed E-state index contributed by atoms with van der Waals surface area (Å²) < 4.78 is 7.60. The minimum Gasteiger partial charge on any atom is -0.494 e. The molecule has 1 aromatic carbocycles. The van der Waals surface area contributed by atoms with Crippen molar-refractivity contribution in [1.82, 2.24) is 20.0 Å². The summed E-state index contributed by atoms with van der Waals surface area (Å²) in [7, 11) is 5.83. The second-order valence-electron chi connectivity index (χ2n) is 6.71. The number of nitrogens with zero attached hydrogens (tertiary/aromatic N) is 4. The van der Waals surface area contributed by atoms with Gasteiger partial charge in [0.2, 0.25) is 0 Å². The fourth-order valence-corrected chi connectivity index (χ4v) is 2.86. The van der Waals surface area contributed by atoms with Crippen LogP contribution < -0.4 is 10.1 Å². The molecule has 0 saturated heterocycles. The van der Waals surface area contributed by atoms with E-state index in [1.165, 1.54) is 5.56 Å². The first-order valence-electron chi connectivity index (χ1n) is 9.13. The van der Waals surface area contributed by atoms with Gasteiger partial charge in [0.15, 0.2) is 5.96 Å². The van der Waals surface area contributed by atoms with E-state index in [-0.39, 0.29) is 0 Å². The second kappa shape index (κ2) is 9.85. The molecule has 2 aromatic rings. The van der Waals surface area contributed by atoms with Crippen LogP contribution in [0, 0.1) is 0 Å². The lowest BCUT2D eigenvalue weighted by Gasteiger charge is -2.22. The van der Waals surface area contributed by atoms with E-state index >= 15 is 0 Å². The monoisotopic (exact) mass is 357 g/mol. The van der Waals surface area contributed by atoms with E-state index in [9.17, 15) is 0 Å². The molecule has 26 heavy (non-hydrogen) atoms. The van der Waals surface area contributed by atoms with E-state index in [1.54, 1.807) is 0 Å². The molecule has 1 N–H and O–H groups in total. The number of guanidine groups is 1. The maximum atomic E-state index is 5.72. The summed E-state index contributed by atoms with van der Waals surface area (Å²) >= 11 is 0. The number of hydrogen-bond donors (Lipinski definition) is 1. The van der Waals surface area contributed by atoms with Crippen LogP contribution >= 0.6 is 0 Å². The standard InChI is InChI=1S/C20H31N5O/c1-16(2)19-17(15-25(5)23-19)14-24(4)20(21-3)22-12-9-13-26-18-10-7-6-8-11-18/h6-8,10-11,15-16H,9,12-14H2,1-5H3,(H,21,22). The third kappa shape index (κ3) is 5.79. The van der Waals surface area contributed by atoms with Gasteiger partial charge in [0.1, 0.15) is 5.75 Å². The molecule has 0 radical (unpaired) electrons. The minimum atomic E-state index is 0.407. The molecular formula is C20H31N5O. The van der Waals surface area contributed by atoms with E-state index in [0.717, 1.165) is 36.9 Å². The third-order valence-electron chi connectivity index (χ3n) is 4.08. The lowest BCUT2D eigenvalue weighted by atomic mass is 10.1. The van der Waals surface area contributed by atoms with Gasteiger partial charge in [-0.25, -0.2) is 0 Å². The lowest BCUT2D eigenvalue weighted by Crippen LogP contribution is -2.39. The third-order valence-corrected chi connectivity index (χ3v) is 4.08. The van der Waals surface area contributed by atoms with Crippen molar-refractivity contribution in [3.8, 4) is 5.75 Å². The molecule has 1 aromatic heterocycles. The summed E-state index contributed by atoms with van der Waals surface area (Å²) in [6, 6.07) is 9.89. The Kier molecular flexibility index (Phi) is 7.51. The topological polar surface area (TPSA) is 54.7 Å². The first kappa shape index (κ1) is 19.8. The van der Waals surface area contributed by atoms with Crippen LogP contribution in [0.1, 0.15) is 37.4 Å². The summed E-state index contributed by atoms with van der Waals surface area (Å²) in [4.78, 5) is 6.51. The quantitative estimate of drug-likeness (QED) is 0.448. The number of para-hydroxylation sites is 1. The predicted octanol–water partition coefficient (Wildman–Crippen LogP) is 3.02.